The highest BCUT2D eigenvalue weighted by Crippen LogP contribution is 2.48. The summed E-state index contributed by atoms with van der Waals surface area (Å²) in [6, 6.07) is -0.367. The van der Waals surface area contributed by atoms with Gasteiger partial charge in [0.25, 0.3) is 0 Å². The molecule has 2 fully saturated rings. The minimum absolute atomic E-state index is 0.00285. The van der Waals surface area contributed by atoms with Gasteiger partial charge in [-0.3, -0.25) is 9.69 Å². The molecule has 2 N–H and O–H groups in total. The van der Waals surface area contributed by atoms with Crippen molar-refractivity contribution in [2.75, 3.05) is 19.7 Å². The number of carbonyl (C=O) groups is 1. The fourth-order valence-corrected chi connectivity index (χ4v) is 3.54. The van der Waals surface area contributed by atoms with Crippen molar-refractivity contribution in [3.63, 3.8) is 0 Å². The molecule has 0 spiro atoms. The van der Waals surface area contributed by atoms with Gasteiger partial charge in [-0.05, 0) is 25.2 Å². The van der Waals surface area contributed by atoms with E-state index >= 15 is 0 Å². The average Bonchev–Trinajstić information content (AvgIpc) is 2.74. The minimum atomic E-state index is -0.726. The second-order valence-corrected chi connectivity index (χ2v) is 5.30. The van der Waals surface area contributed by atoms with Crippen LogP contribution in [0.3, 0.4) is 0 Å². The Bertz CT molecular complexity index is 281. The number of aliphatic hydroxyl groups is 1. The Hall–Kier alpha value is -0.610. The van der Waals surface area contributed by atoms with Gasteiger partial charge >= 0.3 is 5.97 Å². The van der Waals surface area contributed by atoms with E-state index in [1.54, 1.807) is 0 Å². The third kappa shape index (κ3) is 1.74. The quantitative estimate of drug-likeness (QED) is 0.750. The molecule has 16 heavy (non-hydrogen) atoms. The number of rotatable bonds is 4. The number of hydrogen-bond donors (Lipinski definition) is 2. The summed E-state index contributed by atoms with van der Waals surface area (Å²) >= 11 is 0. The smallest absolute Gasteiger partial charge is 0.320 e. The number of likely N-dealkylation sites (tertiary alicyclic amines) is 1. The van der Waals surface area contributed by atoms with Gasteiger partial charge in [-0.25, -0.2) is 0 Å². The topological polar surface area (TPSA) is 60.8 Å². The van der Waals surface area contributed by atoms with Crippen LogP contribution >= 0.6 is 0 Å². The van der Waals surface area contributed by atoms with Gasteiger partial charge in [0.05, 0.1) is 6.61 Å². The number of aliphatic hydroxyl groups excluding tert-OH is 1. The minimum Gasteiger partial charge on any atom is -0.480 e. The molecule has 1 saturated heterocycles. The standard InChI is InChI=1S/C12H21NO3/c1-2-10(11(15)16)13-6-9-4-3-5-12(9,7-13)8-14/h9-10,14H,2-8H2,1H3,(H,15,16)/t9-,10+,12+/m0/s1. The maximum Gasteiger partial charge on any atom is 0.320 e. The van der Waals surface area contributed by atoms with Gasteiger partial charge in [0.1, 0.15) is 6.04 Å². The van der Waals surface area contributed by atoms with Gasteiger partial charge in [-0.15, -0.1) is 0 Å². The van der Waals surface area contributed by atoms with Crippen LogP contribution in [0.15, 0.2) is 0 Å². The first-order valence-electron chi connectivity index (χ1n) is 6.20. The fraction of sp³-hybridized carbons (Fsp3) is 0.917. The number of carboxylic acid groups (broad SMARTS) is 1. The van der Waals surface area contributed by atoms with Crippen molar-refractivity contribution in [2.24, 2.45) is 11.3 Å². The molecule has 0 aromatic heterocycles. The molecule has 2 rings (SSSR count). The summed E-state index contributed by atoms with van der Waals surface area (Å²) in [6.45, 7) is 3.74. The fourth-order valence-electron chi connectivity index (χ4n) is 3.54. The van der Waals surface area contributed by atoms with Crippen molar-refractivity contribution in [3.05, 3.63) is 0 Å². The first kappa shape index (κ1) is 11.9. The lowest BCUT2D eigenvalue weighted by atomic mass is 9.82. The number of aliphatic carboxylic acids is 1. The summed E-state index contributed by atoms with van der Waals surface area (Å²) in [5, 5.41) is 18.7. The van der Waals surface area contributed by atoms with E-state index in [4.69, 9.17) is 5.11 Å². The molecule has 1 heterocycles. The zero-order valence-corrected chi connectivity index (χ0v) is 9.85. The van der Waals surface area contributed by atoms with Crippen LogP contribution in [-0.2, 0) is 4.79 Å². The Morgan fingerprint density at radius 3 is 2.88 bits per heavy atom. The van der Waals surface area contributed by atoms with Gasteiger partial charge in [-0.2, -0.15) is 0 Å². The van der Waals surface area contributed by atoms with Gasteiger partial charge in [0.2, 0.25) is 0 Å². The second kappa shape index (κ2) is 4.34. The van der Waals surface area contributed by atoms with E-state index in [1.165, 1.54) is 6.42 Å². The molecule has 0 aromatic rings. The summed E-state index contributed by atoms with van der Waals surface area (Å²) in [7, 11) is 0. The molecule has 0 bridgehead atoms. The summed E-state index contributed by atoms with van der Waals surface area (Å²) in [5.74, 6) is -0.221. The van der Waals surface area contributed by atoms with E-state index in [0.29, 0.717) is 12.3 Å². The zero-order chi connectivity index (χ0) is 11.8. The van der Waals surface area contributed by atoms with E-state index < -0.39 is 5.97 Å². The van der Waals surface area contributed by atoms with Crippen molar-refractivity contribution < 1.29 is 15.0 Å². The molecule has 1 aliphatic heterocycles. The summed E-state index contributed by atoms with van der Waals surface area (Å²) in [6.07, 6.45) is 4.03. The highest BCUT2D eigenvalue weighted by atomic mass is 16.4. The van der Waals surface area contributed by atoms with Crippen LogP contribution in [0.4, 0.5) is 0 Å². The molecule has 3 atom stereocenters. The first-order chi connectivity index (χ1) is 7.63. The van der Waals surface area contributed by atoms with Crippen LogP contribution in [-0.4, -0.2) is 46.8 Å². The lowest BCUT2D eigenvalue weighted by Crippen LogP contribution is -2.41. The number of hydrogen-bond acceptors (Lipinski definition) is 3. The molecule has 4 nitrogen and oxygen atoms in total. The third-order valence-corrected chi connectivity index (χ3v) is 4.49. The molecule has 1 saturated carbocycles. The van der Waals surface area contributed by atoms with Crippen LogP contribution < -0.4 is 0 Å². The largest absolute Gasteiger partial charge is 0.480 e. The Kier molecular flexibility index (Phi) is 3.22. The molecular weight excluding hydrogens is 206 g/mol. The number of carboxylic acids is 1. The zero-order valence-electron chi connectivity index (χ0n) is 9.85. The SMILES string of the molecule is CC[C@H](C(=O)O)N1C[C@@H]2CCC[C@]2(CO)C1. The van der Waals surface area contributed by atoms with Crippen molar-refractivity contribution in [1.29, 1.82) is 0 Å². The number of fused-ring (bicyclic) bond motifs is 1. The molecule has 0 unspecified atom stereocenters. The van der Waals surface area contributed by atoms with Gasteiger partial charge < -0.3 is 10.2 Å². The van der Waals surface area contributed by atoms with Crippen molar-refractivity contribution in [1.82, 2.24) is 4.90 Å². The van der Waals surface area contributed by atoms with Crippen molar-refractivity contribution >= 4 is 5.97 Å². The molecule has 2 aliphatic rings. The molecule has 0 radical (unpaired) electrons. The predicted octanol–water partition coefficient (Wildman–Crippen LogP) is 0.944. The lowest BCUT2D eigenvalue weighted by Gasteiger charge is -2.28. The van der Waals surface area contributed by atoms with E-state index in [0.717, 1.165) is 25.9 Å². The first-order valence-corrected chi connectivity index (χ1v) is 6.20. The maximum atomic E-state index is 11.1. The number of nitrogens with zero attached hydrogens (tertiary/aromatic N) is 1. The van der Waals surface area contributed by atoms with Crippen LogP contribution in [0.5, 0.6) is 0 Å². The summed E-state index contributed by atoms with van der Waals surface area (Å²) in [4.78, 5) is 13.2. The Balaban J connectivity index is 2.09. The summed E-state index contributed by atoms with van der Waals surface area (Å²) in [5.41, 5.74) is 0.00285. The van der Waals surface area contributed by atoms with Crippen LogP contribution in [0.25, 0.3) is 0 Å². The highest BCUT2D eigenvalue weighted by Gasteiger charge is 2.50. The molecule has 0 aromatic carbocycles. The molecule has 92 valence electrons. The summed E-state index contributed by atoms with van der Waals surface area (Å²) < 4.78 is 0. The molecular formula is C12H21NO3. The second-order valence-electron chi connectivity index (χ2n) is 5.30. The normalized spacial score (nSPS) is 36.2. The predicted molar refractivity (Wildman–Crippen MR) is 60.1 cm³/mol. The van der Waals surface area contributed by atoms with E-state index in [1.807, 2.05) is 6.92 Å². The van der Waals surface area contributed by atoms with Crippen LogP contribution in [0.2, 0.25) is 0 Å². The maximum absolute atomic E-state index is 11.1. The van der Waals surface area contributed by atoms with E-state index in [-0.39, 0.29) is 18.1 Å². The Morgan fingerprint density at radius 2 is 2.38 bits per heavy atom. The third-order valence-electron chi connectivity index (χ3n) is 4.49. The van der Waals surface area contributed by atoms with Gasteiger partial charge in [0, 0.05) is 18.5 Å². The molecule has 0 amide bonds. The van der Waals surface area contributed by atoms with Crippen molar-refractivity contribution in [2.45, 2.75) is 38.6 Å². The van der Waals surface area contributed by atoms with Crippen LogP contribution in [0, 0.1) is 11.3 Å². The molecule has 4 heteroatoms. The average molecular weight is 227 g/mol. The highest BCUT2D eigenvalue weighted by molar-refractivity contribution is 5.73. The van der Waals surface area contributed by atoms with Gasteiger partial charge in [0.15, 0.2) is 0 Å². The van der Waals surface area contributed by atoms with Gasteiger partial charge in [-0.1, -0.05) is 13.3 Å². The van der Waals surface area contributed by atoms with Crippen LogP contribution in [0.1, 0.15) is 32.6 Å². The monoisotopic (exact) mass is 227 g/mol. The van der Waals surface area contributed by atoms with Crippen molar-refractivity contribution in [3.8, 4) is 0 Å². The van der Waals surface area contributed by atoms with E-state index in [9.17, 15) is 9.90 Å². The lowest BCUT2D eigenvalue weighted by molar-refractivity contribution is -0.143. The van der Waals surface area contributed by atoms with E-state index in [2.05, 4.69) is 4.90 Å². The Morgan fingerprint density at radius 1 is 1.62 bits per heavy atom. The Labute approximate surface area is 96.3 Å². The molecule has 1 aliphatic carbocycles.